The van der Waals surface area contributed by atoms with E-state index in [1.165, 1.54) is 0 Å². The van der Waals surface area contributed by atoms with Crippen molar-refractivity contribution in [1.29, 1.82) is 0 Å². The van der Waals surface area contributed by atoms with Crippen molar-refractivity contribution in [2.45, 2.75) is 25.7 Å². The molecule has 0 aliphatic heterocycles. The van der Waals surface area contributed by atoms with Gasteiger partial charge in [0.2, 0.25) is 0 Å². The third-order valence-corrected chi connectivity index (χ3v) is 1.09. The molecule has 6 heteroatoms. The van der Waals surface area contributed by atoms with Gasteiger partial charge in [0.25, 0.3) is 5.92 Å². The van der Waals surface area contributed by atoms with Crippen molar-refractivity contribution < 1.29 is 53.0 Å². The molecule has 0 aromatic heterocycles. The van der Waals surface area contributed by atoms with E-state index >= 15 is 0 Å². The van der Waals surface area contributed by atoms with Crippen molar-refractivity contribution in [2.24, 2.45) is 0 Å². The van der Waals surface area contributed by atoms with Crippen LogP contribution in [0.2, 0.25) is 0 Å². The van der Waals surface area contributed by atoms with Gasteiger partial charge in [0.05, 0.1) is 0 Å². The molecule has 0 aliphatic rings. The van der Waals surface area contributed by atoms with E-state index in [9.17, 15) is 23.5 Å². The third-order valence-electron chi connectivity index (χ3n) is 1.09. The molecular weight excluding hydrogens is 181 g/mol. The summed E-state index contributed by atoms with van der Waals surface area (Å²) in [5.74, 6) is -6.78. The van der Waals surface area contributed by atoms with Crippen LogP contribution in [0.3, 0.4) is 0 Å². The Bertz CT molecular complexity index is 182. The average Bonchev–Trinajstić information content (AvgIpc) is 1.84. The second kappa shape index (κ2) is 5.61. The van der Waals surface area contributed by atoms with Gasteiger partial charge in [-0.2, -0.15) is 8.78 Å². The van der Waals surface area contributed by atoms with Crippen molar-refractivity contribution in [2.75, 3.05) is 0 Å². The van der Waals surface area contributed by atoms with Gasteiger partial charge in [-0.1, -0.05) is 0 Å². The zero-order chi connectivity index (χ0) is 9.07. The zero-order valence-electron chi connectivity index (χ0n) is 6.89. The van der Waals surface area contributed by atoms with Crippen molar-refractivity contribution >= 4 is 11.8 Å². The summed E-state index contributed by atoms with van der Waals surface area (Å²) in [6.45, 7) is 1.12. The largest absolute Gasteiger partial charge is 1.00 e. The predicted octanol–water partition coefficient (Wildman–Crippen LogP) is -3.26. The molecule has 0 bridgehead atoms. The van der Waals surface area contributed by atoms with E-state index in [0.29, 0.717) is 0 Å². The first-order valence-corrected chi connectivity index (χ1v) is 2.95. The molecule has 0 fully saturated rings. The molecule has 0 aromatic rings. The van der Waals surface area contributed by atoms with Gasteiger partial charge in [0, 0.05) is 12.8 Å². The number of aliphatic carboxylic acids is 1. The number of Topliss-reactive ketones (excluding diaryl/α,β-unsaturated/α-hetero) is 1. The Morgan fingerprint density at radius 3 is 2.08 bits per heavy atom. The maximum atomic E-state index is 12.1. The summed E-state index contributed by atoms with van der Waals surface area (Å²) >= 11 is 0. The molecule has 0 heterocycles. The minimum atomic E-state index is -3.88. The predicted molar refractivity (Wildman–Crippen MR) is 29.9 cm³/mol. The summed E-state index contributed by atoms with van der Waals surface area (Å²) in [5.41, 5.74) is 0. The second-order valence-electron chi connectivity index (χ2n) is 2.19. The van der Waals surface area contributed by atoms with E-state index in [1.807, 2.05) is 0 Å². The molecule has 0 aromatic carbocycles. The van der Waals surface area contributed by atoms with Crippen LogP contribution in [0.4, 0.5) is 8.78 Å². The van der Waals surface area contributed by atoms with Crippen LogP contribution < -0.4 is 34.7 Å². The molecule has 0 rings (SSSR count). The van der Waals surface area contributed by atoms with Gasteiger partial charge >= 0.3 is 29.6 Å². The number of carbonyl (C=O) groups excluding carboxylic acids is 2. The van der Waals surface area contributed by atoms with Gasteiger partial charge in [-0.05, 0) is 6.92 Å². The van der Waals surface area contributed by atoms with E-state index in [0.717, 1.165) is 6.92 Å². The summed E-state index contributed by atoms with van der Waals surface area (Å²) in [5, 5.41) is 9.66. The van der Waals surface area contributed by atoms with Gasteiger partial charge in [0.1, 0.15) is 11.8 Å². The Balaban J connectivity index is 0. The van der Waals surface area contributed by atoms with Crippen LogP contribution in [0.5, 0.6) is 0 Å². The molecule has 12 heavy (non-hydrogen) atoms. The first-order valence-electron chi connectivity index (χ1n) is 2.95. The number of hydrogen-bond acceptors (Lipinski definition) is 3. The fraction of sp³-hybridized carbons (Fsp3) is 0.667. The molecule has 0 saturated carbocycles. The van der Waals surface area contributed by atoms with Gasteiger partial charge in [0.15, 0.2) is 0 Å². The fourth-order valence-electron chi connectivity index (χ4n) is 0.435. The number of rotatable bonds is 4. The first-order chi connectivity index (χ1) is 4.86. The van der Waals surface area contributed by atoms with Crippen molar-refractivity contribution in [3.63, 3.8) is 0 Å². The Kier molecular flexibility index (Phi) is 6.79. The quantitative estimate of drug-likeness (QED) is 0.435. The van der Waals surface area contributed by atoms with Crippen LogP contribution in [0.15, 0.2) is 0 Å². The molecule has 0 radical (unpaired) electrons. The van der Waals surface area contributed by atoms with Crippen LogP contribution in [0.25, 0.3) is 0 Å². The molecule has 64 valence electrons. The van der Waals surface area contributed by atoms with E-state index in [4.69, 9.17) is 0 Å². The van der Waals surface area contributed by atoms with Gasteiger partial charge in [-0.25, -0.2) is 0 Å². The summed E-state index contributed by atoms with van der Waals surface area (Å²) in [7, 11) is 0. The van der Waals surface area contributed by atoms with Crippen molar-refractivity contribution in [3.05, 3.63) is 0 Å². The second-order valence-corrected chi connectivity index (χ2v) is 2.19. The monoisotopic (exact) mass is 188 g/mol. The minimum absolute atomic E-state index is 0. The van der Waals surface area contributed by atoms with E-state index < -0.39 is 30.5 Å². The number of hydrogen-bond donors (Lipinski definition) is 0. The number of halogens is 2. The van der Waals surface area contributed by atoms with E-state index in [-0.39, 0.29) is 29.6 Å². The SMILES string of the molecule is CC(=O)CCC(F)(F)C(=O)[O-].[Na+]. The Morgan fingerprint density at radius 2 is 1.83 bits per heavy atom. The molecule has 0 N–H and O–H groups in total. The molecule has 3 nitrogen and oxygen atoms in total. The summed E-state index contributed by atoms with van der Waals surface area (Å²) in [6, 6.07) is 0. The molecule has 0 amide bonds. The molecule has 0 spiro atoms. The van der Waals surface area contributed by atoms with E-state index in [1.54, 1.807) is 0 Å². The minimum Gasteiger partial charge on any atom is -0.544 e. The average molecular weight is 188 g/mol. The molecule has 0 saturated heterocycles. The van der Waals surface area contributed by atoms with Crippen LogP contribution in [0.1, 0.15) is 19.8 Å². The smallest absolute Gasteiger partial charge is 0.544 e. The van der Waals surface area contributed by atoms with Crippen LogP contribution in [-0.2, 0) is 9.59 Å². The number of carboxylic acid groups (broad SMARTS) is 1. The molecular formula is C6H7F2NaO3. The number of carbonyl (C=O) groups is 2. The van der Waals surface area contributed by atoms with Gasteiger partial charge < -0.3 is 14.7 Å². The standard InChI is InChI=1S/C6H8F2O3.Na/c1-4(9)2-3-6(7,8)5(10)11;/h2-3H2,1H3,(H,10,11);/q;+1/p-1. The number of ketones is 1. The number of alkyl halides is 2. The van der Waals surface area contributed by atoms with Crippen molar-refractivity contribution in [3.8, 4) is 0 Å². The van der Waals surface area contributed by atoms with Crippen molar-refractivity contribution in [1.82, 2.24) is 0 Å². The van der Waals surface area contributed by atoms with E-state index in [2.05, 4.69) is 0 Å². The Hall–Kier alpha value is 0. The summed E-state index contributed by atoms with van der Waals surface area (Å²) in [6.07, 6.45) is -1.42. The fourth-order valence-corrected chi connectivity index (χ4v) is 0.435. The Labute approximate surface area is 90.4 Å². The molecule has 0 atom stereocenters. The van der Waals surface area contributed by atoms with Gasteiger partial charge in [-0.3, -0.25) is 0 Å². The van der Waals surface area contributed by atoms with Crippen LogP contribution in [-0.4, -0.2) is 17.7 Å². The topological polar surface area (TPSA) is 57.2 Å². The summed E-state index contributed by atoms with van der Waals surface area (Å²) in [4.78, 5) is 19.8. The number of carboxylic acids is 1. The van der Waals surface area contributed by atoms with Crippen LogP contribution in [0, 0.1) is 0 Å². The summed E-state index contributed by atoms with van der Waals surface area (Å²) < 4.78 is 24.2. The maximum Gasteiger partial charge on any atom is 1.00 e. The first kappa shape index (κ1) is 14.5. The zero-order valence-corrected chi connectivity index (χ0v) is 8.89. The normalized spacial score (nSPS) is 10.2. The molecule has 0 unspecified atom stereocenters. The maximum absolute atomic E-state index is 12.1. The van der Waals surface area contributed by atoms with Crippen LogP contribution >= 0.6 is 0 Å². The third kappa shape index (κ3) is 5.62. The van der Waals surface area contributed by atoms with Gasteiger partial charge in [-0.15, -0.1) is 0 Å². The Morgan fingerprint density at radius 1 is 1.42 bits per heavy atom. The molecule has 0 aliphatic carbocycles.